The van der Waals surface area contributed by atoms with Gasteiger partial charge in [0.2, 0.25) is 0 Å². The first-order valence-electron chi connectivity index (χ1n) is 6.35. The fourth-order valence-corrected chi connectivity index (χ4v) is 2.05. The monoisotopic (exact) mass is 230 g/mol. The molecule has 0 atom stereocenters. The van der Waals surface area contributed by atoms with Crippen LogP contribution in [0.4, 0.5) is 0 Å². The Bertz CT molecular complexity index is 184. The second kappa shape index (κ2) is 6.58. The van der Waals surface area contributed by atoms with Gasteiger partial charge in [0, 0.05) is 20.3 Å². The molecule has 0 aromatic heterocycles. The molecule has 0 saturated heterocycles. The maximum absolute atomic E-state index is 9.03. The van der Waals surface area contributed by atoms with Gasteiger partial charge in [-0.1, -0.05) is 0 Å². The van der Waals surface area contributed by atoms with Crippen LogP contribution in [0.25, 0.3) is 0 Å². The third kappa shape index (κ3) is 4.81. The van der Waals surface area contributed by atoms with E-state index in [1.165, 1.54) is 0 Å². The molecule has 0 aromatic rings. The van der Waals surface area contributed by atoms with Gasteiger partial charge in [0.05, 0.1) is 11.7 Å². The summed E-state index contributed by atoms with van der Waals surface area (Å²) in [6, 6.07) is 0. The Hall–Kier alpha value is -0.120. The van der Waals surface area contributed by atoms with Crippen LogP contribution in [0, 0.1) is 5.92 Å². The van der Waals surface area contributed by atoms with Crippen molar-refractivity contribution in [3.8, 4) is 0 Å². The van der Waals surface area contributed by atoms with Crippen LogP contribution in [0.15, 0.2) is 0 Å². The Kier molecular flexibility index (Phi) is 5.73. The van der Waals surface area contributed by atoms with Crippen LogP contribution in [-0.4, -0.2) is 37.1 Å². The van der Waals surface area contributed by atoms with Gasteiger partial charge in [-0.3, -0.25) is 0 Å². The lowest BCUT2D eigenvalue weighted by atomic mass is 9.88. The molecule has 16 heavy (non-hydrogen) atoms. The minimum Gasteiger partial charge on any atom is -0.396 e. The first-order chi connectivity index (χ1) is 7.57. The Morgan fingerprint density at radius 1 is 1.19 bits per heavy atom. The molecule has 1 saturated carbocycles. The van der Waals surface area contributed by atoms with E-state index < -0.39 is 0 Å². The fraction of sp³-hybridized carbons (Fsp3) is 1.00. The van der Waals surface area contributed by atoms with E-state index in [2.05, 4.69) is 13.8 Å². The molecule has 96 valence electrons. The molecular formula is C13H26O3. The third-order valence-corrected chi connectivity index (χ3v) is 3.66. The second-order valence-electron chi connectivity index (χ2n) is 5.41. The van der Waals surface area contributed by atoms with E-state index in [0.717, 1.165) is 38.7 Å². The first-order valence-corrected chi connectivity index (χ1v) is 6.35. The minimum absolute atomic E-state index is 0.0811. The number of methoxy groups -OCH3 is 1. The van der Waals surface area contributed by atoms with Crippen molar-refractivity contribution in [3.63, 3.8) is 0 Å². The van der Waals surface area contributed by atoms with Crippen molar-refractivity contribution in [2.75, 3.05) is 20.3 Å². The molecule has 0 amide bonds. The predicted octanol–water partition coefficient (Wildman–Crippen LogP) is 2.37. The molecule has 1 aliphatic rings. The highest BCUT2D eigenvalue weighted by Crippen LogP contribution is 2.26. The quantitative estimate of drug-likeness (QED) is 0.761. The Balaban J connectivity index is 2.11. The molecule has 0 aromatic carbocycles. The minimum atomic E-state index is -0.0811. The molecular weight excluding hydrogens is 204 g/mol. The van der Waals surface area contributed by atoms with Crippen molar-refractivity contribution >= 4 is 0 Å². The summed E-state index contributed by atoms with van der Waals surface area (Å²) in [4.78, 5) is 0. The number of aliphatic hydroxyl groups excluding tert-OH is 1. The van der Waals surface area contributed by atoms with Gasteiger partial charge in [-0.15, -0.1) is 0 Å². The maximum atomic E-state index is 9.03. The Morgan fingerprint density at radius 2 is 1.81 bits per heavy atom. The largest absolute Gasteiger partial charge is 0.396 e. The van der Waals surface area contributed by atoms with E-state index in [9.17, 15) is 0 Å². The summed E-state index contributed by atoms with van der Waals surface area (Å²) < 4.78 is 11.2. The Labute approximate surface area is 99.1 Å². The molecule has 3 nitrogen and oxygen atoms in total. The molecule has 3 heteroatoms. The highest BCUT2D eigenvalue weighted by atomic mass is 16.5. The van der Waals surface area contributed by atoms with Crippen LogP contribution in [0.1, 0.15) is 46.0 Å². The van der Waals surface area contributed by atoms with Crippen LogP contribution in [0.3, 0.4) is 0 Å². The van der Waals surface area contributed by atoms with E-state index >= 15 is 0 Å². The summed E-state index contributed by atoms with van der Waals surface area (Å²) >= 11 is 0. The van der Waals surface area contributed by atoms with Crippen molar-refractivity contribution in [2.45, 2.75) is 57.7 Å². The van der Waals surface area contributed by atoms with Crippen LogP contribution in [-0.2, 0) is 9.47 Å². The highest BCUT2D eigenvalue weighted by molar-refractivity contribution is 4.73. The van der Waals surface area contributed by atoms with E-state index in [1.54, 1.807) is 7.11 Å². The van der Waals surface area contributed by atoms with E-state index in [1.807, 2.05) is 0 Å². The van der Waals surface area contributed by atoms with Gasteiger partial charge in [-0.05, 0) is 51.9 Å². The van der Waals surface area contributed by atoms with Crippen LogP contribution in [0.5, 0.6) is 0 Å². The van der Waals surface area contributed by atoms with Crippen molar-refractivity contribution < 1.29 is 14.6 Å². The Morgan fingerprint density at radius 3 is 2.31 bits per heavy atom. The van der Waals surface area contributed by atoms with Gasteiger partial charge in [0.25, 0.3) is 0 Å². The van der Waals surface area contributed by atoms with Crippen LogP contribution in [0.2, 0.25) is 0 Å². The third-order valence-electron chi connectivity index (χ3n) is 3.66. The molecule has 1 aliphatic carbocycles. The number of hydrogen-bond acceptors (Lipinski definition) is 3. The normalized spacial score (nSPS) is 27.0. The van der Waals surface area contributed by atoms with Gasteiger partial charge < -0.3 is 14.6 Å². The van der Waals surface area contributed by atoms with Gasteiger partial charge >= 0.3 is 0 Å². The van der Waals surface area contributed by atoms with E-state index in [4.69, 9.17) is 14.6 Å². The summed E-state index contributed by atoms with van der Waals surface area (Å²) in [7, 11) is 1.74. The van der Waals surface area contributed by atoms with E-state index in [0.29, 0.717) is 18.6 Å². The van der Waals surface area contributed by atoms with Gasteiger partial charge in [-0.25, -0.2) is 0 Å². The highest BCUT2D eigenvalue weighted by Gasteiger charge is 2.22. The topological polar surface area (TPSA) is 38.7 Å². The van der Waals surface area contributed by atoms with Crippen molar-refractivity contribution in [1.29, 1.82) is 0 Å². The molecule has 0 heterocycles. The predicted molar refractivity (Wildman–Crippen MR) is 64.5 cm³/mol. The molecule has 0 bridgehead atoms. The summed E-state index contributed by atoms with van der Waals surface area (Å²) in [5.74, 6) is 0.510. The summed E-state index contributed by atoms with van der Waals surface area (Å²) in [6.45, 7) is 5.27. The molecule has 0 spiro atoms. The summed E-state index contributed by atoms with van der Waals surface area (Å²) in [5, 5.41) is 9.03. The van der Waals surface area contributed by atoms with Gasteiger partial charge in [-0.2, -0.15) is 0 Å². The van der Waals surface area contributed by atoms with Crippen LogP contribution < -0.4 is 0 Å². The lowest BCUT2D eigenvalue weighted by Gasteiger charge is -2.29. The zero-order valence-corrected chi connectivity index (χ0v) is 10.9. The SMILES string of the molecule is COC(C)(C)CCOC1CCC(CO)CC1. The van der Waals surface area contributed by atoms with Gasteiger partial charge in [0.15, 0.2) is 0 Å². The number of ether oxygens (including phenoxy) is 2. The molecule has 1 fully saturated rings. The lowest BCUT2D eigenvalue weighted by molar-refractivity contribution is -0.0390. The first kappa shape index (κ1) is 13.9. The zero-order valence-electron chi connectivity index (χ0n) is 10.9. The number of rotatable bonds is 6. The lowest BCUT2D eigenvalue weighted by Crippen LogP contribution is -2.28. The molecule has 1 N–H and O–H groups in total. The average Bonchev–Trinajstić information content (AvgIpc) is 2.30. The molecule has 0 radical (unpaired) electrons. The van der Waals surface area contributed by atoms with Crippen molar-refractivity contribution in [2.24, 2.45) is 5.92 Å². The average molecular weight is 230 g/mol. The standard InChI is InChI=1S/C13H26O3/c1-13(2,15-3)8-9-16-12-6-4-11(10-14)5-7-12/h11-12,14H,4-10H2,1-3H3. The zero-order chi connectivity index (χ0) is 12.0. The molecule has 1 rings (SSSR count). The fourth-order valence-electron chi connectivity index (χ4n) is 2.05. The number of hydrogen-bond donors (Lipinski definition) is 1. The van der Waals surface area contributed by atoms with Gasteiger partial charge in [0.1, 0.15) is 0 Å². The van der Waals surface area contributed by atoms with Crippen molar-refractivity contribution in [1.82, 2.24) is 0 Å². The van der Waals surface area contributed by atoms with E-state index in [-0.39, 0.29) is 5.60 Å². The van der Waals surface area contributed by atoms with Crippen LogP contribution >= 0.6 is 0 Å². The second-order valence-corrected chi connectivity index (χ2v) is 5.41. The molecule has 0 unspecified atom stereocenters. The smallest absolute Gasteiger partial charge is 0.0644 e. The number of aliphatic hydroxyl groups is 1. The summed E-state index contributed by atoms with van der Waals surface area (Å²) in [6.07, 6.45) is 5.74. The van der Waals surface area contributed by atoms with Crippen molar-refractivity contribution in [3.05, 3.63) is 0 Å². The summed E-state index contributed by atoms with van der Waals surface area (Å²) in [5.41, 5.74) is -0.0811. The maximum Gasteiger partial charge on any atom is 0.0644 e. The molecule has 0 aliphatic heterocycles.